The van der Waals surface area contributed by atoms with E-state index in [2.05, 4.69) is 169 Å². The van der Waals surface area contributed by atoms with Crippen LogP contribution in [-0.2, 0) is 0 Å². The molecule has 0 bridgehead atoms. The molecule has 0 fully saturated rings. The summed E-state index contributed by atoms with van der Waals surface area (Å²) in [5.74, 6) is 1.67. The first-order valence-electron chi connectivity index (χ1n) is 16.2. The predicted octanol–water partition coefficient (Wildman–Crippen LogP) is 13.1. The summed E-state index contributed by atoms with van der Waals surface area (Å²) in [6.07, 6.45) is 5.98. The molecule has 0 atom stereocenters. The molecule has 0 N–H and O–H groups in total. The highest BCUT2D eigenvalue weighted by molar-refractivity contribution is 6.04. The van der Waals surface area contributed by atoms with Crippen LogP contribution in [0.15, 0.2) is 176 Å². The molecular formula is C45H34N2O. The highest BCUT2D eigenvalue weighted by Crippen LogP contribution is 2.51. The van der Waals surface area contributed by atoms with Gasteiger partial charge in [0.05, 0.1) is 17.1 Å². The van der Waals surface area contributed by atoms with Crippen LogP contribution in [0.4, 0.5) is 34.1 Å². The Bertz CT molecular complexity index is 2290. The average molecular weight is 619 g/mol. The predicted molar refractivity (Wildman–Crippen MR) is 203 cm³/mol. The van der Waals surface area contributed by atoms with Gasteiger partial charge < -0.3 is 14.5 Å². The number of benzene rings is 7. The minimum atomic E-state index is 0.831. The third kappa shape index (κ3) is 5.22. The second kappa shape index (κ2) is 12.5. The van der Waals surface area contributed by atoms with Crippen molar-refractivity contribution in [3.05, 3.63) is 188 Å². The number of para-hydroxylation sites is 4. The molecule has 7 aromatic rings. The molecular weight excluding hydrogens is 585 g/mol. The third-order valence-corrected chi connectivity index (χ3v) is 8.93. The second-order valence-corrected chi connectivity index (χ2v) is 11.9. The zero-order chi connectivity index (χ0) is 32.5. The zero-order valence-electron chi connectivity index (χ0n) is 26.8. The maximum Gasteiger partial charge on any atom is 0.152 e. The Labute approximate surface area is 281 Å². The molecule has 1 heterocycles. The van der Waals surface area contributed by atoms with Crippen LogP contribution >= 0.6 is 0 Å². The molecule has 3 nitrogen and oxygen atoms in total. The van der Waals surface area contributed by atoms with Crippen LogP contribution in [0, 0.1) is 6.92 Å². The van der Waals surface area contributed by atoms with Gasteiger partial charge in [0.15, 0.2) is 11.5 Å². The Morgan fingerprint density at radius 3 is 1.98 bits per heavy atom. The summed E-state index contributed by atoms with van der Waals surface area (Å²) in [4.78, 5) is 4.62. The highest BCUT2D eigenvalue weighted by atomic mass is 16.5. The van der Waals surface area contributed by atoms with Crippen LogP contribution < -0.4 is 14.5 Å². The molecule has 1 aliphatic heterocycles. The topological polar surface area (TPSA) is 15.7 Å². The maximum absolute atomic E-state index is 6.50. The van der Waals surface area contributed by atoms with Crippen molar-refractivity contribution in [3.63, 3.8) is 0 Å². The molecule has 8 rings (SSSR count). The van der Waals surface area contributed by atoms with Crippen molar-refractivity contribution in [2.75, 3.05) is 9.80 Å². The van der Waals surface area contributed by atoms with Gasteiger partial charge >= 0.3 is 0 Å². The van der Waals surface area contributed by atoms with Gasteiger partial charge in [0.1, 0.15) is 0 Å². The molecule has 3 heteroatoms. The number of hydrogen-bond donors (Lipinski definition) is 0. The zero-order valence-corrected chi connectivity index (χ0v) is 26.8. The van der Waals surface area contributed by atoms with Crippen LogP contribution in [0.25, 0.3) is 28.0 Å². The lowest BCUT2D eigenvalue weighted by Gasteiger charge is -2.33. The number of rotatable bonds is 7. The van der Waals surface area contributed by atoms with Gasteiger partial charge in [-0.15, -0.1) is 0 Å². The van der Waals surface area contributed by atoms with Crippen LogP contribution in [0.2, 0.25) is 0 Å². The standard InChI is InChI=1S/C45H34N2O/c1-3-4-19-38-32(2)30-43(40-21-12-11-20-39(38)40)46(35-15-7-5-8-16-35)37-27-24-33(25-28-37)34-26-29-42-45(31-34)48-44-23-14-13-22-41(44)47(42)36-17-9-6-10-18-36/h3-31H,1H2,2H3/b19-4-. The lowest BCUT2D eigenvalue weighted by Crippen LogP contribution is -2.15. The number of aryl methyl sites for hydroxylation is 1. The van der Waals surface area contributed by atoms with E-state index < -0.39 is 0 Å². The largest absolute Gasteiger partial charge is 0.453 e. The number of allylic oxidation sites excluding steroid dienone is 2. The van der Waals surface area contributed by atoms with Crippen molar-refractivity contribution in [3.8, 4) is 22.6 Å². The van der Waals surface area contributed by atoms with E-state index in [1.54, 1.807) is 0 Å². The Morgan fingerprint density at radius 2 is 1.21 bits per heavy atom. The van der Waals surface area contributed by atoms with Gasteiger partial charge in [-0.3, -0.25) is 0 Å². The van der Waals surface area contributed by atoms with E-state index in [4.69, 9.17) is 4.74 Å². The average Bonchev–Trinajstić information content (AvgIpc) is 3.14. The smallest absolute Gasteiger partial charge is 0.152 e. The Kier molecular flexibility index (Phi) is 7.56. The minimum absolute atomic E-state index is 0.831. The summed E-state index contributed by atoms with van der Waals surface area (Å²) in [5.41, 5.74) is 11.1. The van der Waals surface area contributed by atoms with Crippen molar-refractivity contribution in [2.24, 2.45) is 0 Å². The van der Waals surface area contributed by atoms with Crippen LogP contribution in [-0.4, -0.2) is 0 Å². The van der Waals surface area contributed by atoms with Crippen molar-refractivity contribution >= 4 is 51.0 Å². The van der Waals surface area contributed by atoms with Crippen molar-refractivity contribution in [1.82, 2.24) is 0 Å². The highest BCUT2D eigenvalue weighted by Gasteiger charge is 2.26. The molecule has 48 heavy (non-hydrogen) atoms. The summed E-state index contributed by atoms with van der Waals surface area (Å²) in [6, 6.07) is 55.5. The quantitative estimate of drug-likeness (QED) is 0.165. The van der Waals surface area contributed by atoms with Crippen molar-refractivity contribution in [2.45, 2.75) is 6.92 Å². The molecule has 0 saturated carbocycles. The molecule has 0 unspecified atom stereocenters. The first kappa shape index (κ1) is 29.1. The minimum Gasteiger partial charge on any atom is -0.453 e. The van der Waals surface area contributed by atoms with Crippen molar-refractivity contribution in [1.29, 1.82) is 0 Å². The maximum atomic E-state index is 6.50. The van der Waals surface area contributed by atoms with Gasteiger partial charge in [0.25, 0.3) is 0 Å². The van der Waals surface area contributed by atoms with E-state index in [9.17, 15) is 0 Å². The van der Waals surface area contributed by atoms with Gasteiger partial charge in [-0.1, -0.05) is 116 Å². The first-order valence-corrected chi connectivity index (χ1v) is 16.2. The monoisotopic (exact) mass is 618 g/mol. The second-order valence-electron chi connectivity index (χ2n) is 11.9. The molecule has 0 radical (unpaired) electrons. The summed E-state index contributed by atoms with van der Waals surface area (Å²) >= 11 is 0. The summed E-state index contributed by atoms with van der Waals surface area (Å²) < 4.78 is 6.50. The Hall–Kier alpha value is -6.32. The lowest BCUT2D eigenvalue weighted by atomic mass is 9.96. The first-order chi connectivity index (χ1) is 23.7. The molecule has 0 aliphatic carbocycles. The van der Waals surface area contributed by atoms with Crippen molar-refractivity contribution < 1.29 is 4.74 Å². The molecule has 1 aliphatic rings. The van der Waals surface area contributed by atoms with E-state index in [1.165, 1.54) is 21.9 Å². The molecule has 0 spiro atoms. The number of fused-ring (bicyclic) bond motifs is 3. The van der Waals surface area contributed by atoms with Gasteiger partial charge in [-0.05, 0) is 101 Å². The molecule has 0 amide bonds. The fourth-order valence-corrected chi connectivity index (χ4v) is 6.68. The Balaban J connectivity index is 1.20. The van der Waals surface area contributed by atoms with Gasteiger partial charge in [-0.25, -0.2) is 0 Å². The molecule has 7 aromatic carbocycles. The third-order valence-electron chi connectivity index (χ3n) is 8.93. The number of nitrogens with zero attached hydrogens (tertiary/aromatic N) is 2. The van der Waals surface area contributed by atoms with E-state index in [0.29, 0.717) is 0 Å². The number of ether oxygens (including phenoxy) is 1. The van der Waals surface area contributed by atoms with Crippen LogP contribution in [0.5, 0.6) is 11.5 Å². The Morgan fingerprint density at radius 1 is 0.583 bits per heavy atom. The SMILES string of the molecule is C=C/C=C\c1c(C)cc(N(c2ccccc2)c2ccc(-c3ccc4c(c3)Oc3ccccc3N4c3ccccc3)cc2)c2ccccc12. The summed E-state index contributed by atoms with van der Waals surface area (Å²) in [7, 11) is 0. The normalized spacial score (nSPS) is 12.0. The van der Waals surface area contributed by atoms with Crippen LogP contribution in [0.1, 0.15) is 11.1 Å². The van der Waals surface area contributed by atoms with Crippen LogP contribution in [0.3, 0.4) is 0 Å². The van der Waals surface area contributed by atoms with E-state index >= 15 is 0 Å². The van der Waals surface area contributed by atoms with E-state index in [0.717, 1.165) is 56.8 Å². The number of anilines is 6. The molecule has 0 saturated heterocycles. The lowest BCUT2D eigenvalue weighted by molar-refractivity contribution is 0.477. The van der Waals surface area contributed by atoms with Gasteiger partial charge in [0, 0.05) is 22.4 Å². The number of hydrogen-bond acceptors (Lipinski definition) is 3. The fourth-order valence-electron chi connectivity index (χ4n) is 6.68. The van der Waals surface area contributed by atoms with Gasteiger partial charge in [-0.2, -0.15) is 0 Å². The van der Waals surface area contributed by atoms with Gasteiger partial charge in [0.2, 0.25) is 0 Å². The summed E-state index contributed by atoms with van der Waals surface area (Å²) in [5, 5.41) is 2.40. The summed E-state index contributed by atoms with van der Waals surface area (Å²) in [6.45, 7) is 6.06. The molecule has 0 aromatic heterocycles. The van der Waals surface area contributed by atoms with E-state index in [1.807, 2.05) is 30.4 Å². The van der Waals surface area contributed by atoms with E-state index in [-0.39, 0.29) is 0 Å². The fraction of sp³-hybridized carbons (Fsp3) is 0.0222. The molecule has 230 valence electrons.